The topological polar surface area (TPSA) is 59.0 Å². The first-order valence-corrected chi connectivity index (χ1v) is 5.74. The van der Waals surface area contributed by atoms with Gasteiger partial charge in [0, 0.05) is 13.6 Å². The van der Waals surface area contributed by atoms with Gasteiger partial charge in [-0.1, -0.05) is 20.3 Å². The largest absolute Gasteiger partial charge is 0.368 e. The number of fused-ring (bicyclic) bond motifs is 1. The van der Waals surface area contributed by atoms with Crippen molar-refractivity contribution in [3.8, 4) is 0 Å². The molecule has 0 aliphatic carbocycles. The van der Waals surface area contributed by atoms with E-state index in [9.17, 15) is 4.79 Å². The Kier molecular flexibility index (Phi) is 2.85. The number of anilines is 2. The molecule has 0 bridgehead atoms. The summed E-state index contributed by atoms with van der Waals surface area (Å²) in [7, 11) is 1.90. The highest BCUT2D eigenvalue weighted by Gasteiger charge is 2.24. The lowest BCUT2D eigenvalue weighted by molar-refractivity contribution is -0.118. The number of carbonyl (C=O) groups is 1. The van der Waals surface area contributed by atoms with E-state index in [1.165, 1.54) is 0 Å². The average molecular weight is 222 g/mol. The molecule has 0 radical (unpaired) electrons. The lowest BCUT2D eigenvalue weighted by Gasteiger charge is -2.06. The van der Waals surface area contributed by atoms with E-state index in [0.717, 1.165) is 30.0 Å². The molecule has 5 nitrogen and oxygen atoms in total. The molecule has 0 spiro atoms. The van der Waals surface area contributed by atoms with E-state index in [1.807, 2.05) is 14.0 Å². The molecule has 16 heavy (non-hydrogen) atoms. The van der Waals surface area contributed by atoms with E-state index in [2.05, 4.69) is 22.7 Å². The van der Waals surface area contributed by atoms with E-state index in [0.29, 0.717) is 6.54 Å². The van der Waals surface area contributed by atoms with Crippen LogP contribution in [0.4, 0.5) is 11.5 Å². The molecule has 1 aromatic rings. The third-order valence-corrected chi connectivity index (χ3v) is 2.88. The van der Waals surface area contributed by atoms with Crippen molar-refractivity contribution in [1.82, 2.24) is 9.78 Å². The van der Waals surface area contributed by atoms with Crippen LogP contribution in [0.3, 0.4) is 0 Å². The Labute approximate surface area is 95.2 Å². The van der Waals surface area contributed by atoms with Crippen LogP contribution in [0.2, 0.25) is 0 Å². The lowest BCUT2D eigenvalue weighted by atomic mass is 10.1. The number of nitrogens with one attached hydrogen (secondary N) is 2. The highest BCUT2D eigenvalue weighted by molar-refractivity contribution is 5.97. The van der Waals surface area contributed by atoms with Gasteiger partial charge in [-0.15, -0.1) is 0 Å². The molecule has 1 aliphatic rings. The second kappa shape index (κ2) is 4.15. The molecule has 0 saturated carbocycles. The van der Waals surface area contributed by atoms with Crippen molar-refractivity contribution in [2.45, 2.75) is 26.7 Å². The molecule has 1 atom stereocenters. The van der Waals surface area contributed by atoms with Gasteiger partial charge in [-0.25, -0.2) is 0 Å². The molecule has 1 aromatic heterocycles. The maximum absolute atomic E-state index is 11.8. The third kappa shape index (κ3) is 1.77. The van der Waals surface area contributed by atoms with Gasteiger partial charge in [-0.05, 0) is 6.42 Å². The first kappa shape index (κ1) is 11.0. The Morgan fingerprint density at radius 3 is 3.00 bits per heavy atom. The summed E-state index contributed by atoms with van der Waals surface area (Å²) >= 11 is 0. The van der Waals surface area contributed by atoms with Crippen LogP contribution in [0.5, 0.6) is 0 Å². The number of hydrogen-bond donors (Lipinski definition) is 2. The zero-order valence-corrected chi connectivity index (χ0v) is 10.0. The number of amides is 1. The van der Waals surface area contributed by atoms with Crippen LogP contribution < -0.4 is 10.6 Å². The van der Waals surface area contributed by atoms with Crippen molar-refractivity contribution in [2.24, 2.45) is 13.0 Å². The molecule has 0 aromatic carbocycles. The summed E-state index contributed by atoms with van der Waals surface area (Å²) in [5.74, 6) is 0.972. The number of hydrogen-bond acceptors (Lipinski definition) is 3. The van der Waals surface area contributed by atoms with Crippen molar-refractivity contribution in [1.29, 1.82) is 0 Å². The van der Waals surface area contributed by atoms with Crippen LogP contribution in [-0.2, 0) is 18.3 Å². The minimum Gasteiger partial charge on any atom is -0.368 e. The summed E-state index contributed by atoms with van der Waals surface area (Å²) in [4.78, 5) is 11.8. The molecule has 88 valence electrons. The fraction of sp³-hybridized carbons (Fsp3) is 0.636. The Morgan fingerprint density at radius 2 is 2.31 bits per heavy atom. The third-order valence-electron chi connectivity index (χ3n) is 2.88. The number of carbonyl (C=O) groups excluding carboxylic acids is 1. The van der Waals surface area contributed by atoms with Crippen LogP contribution in [0.25, 0.3) is 0 Å². The second-order valence-corrected chi connectivity index (χ2v) is 4.32. The van der Waals surface area contributed by atoms with E-state index < -0.39 is 0 Å². The second-order valence-electron chi connectivity index (χ2n) is 4.32. The van der Waals surface area contributed by atoms with E-state index in [1.54, 1.807) is 4.68 Å². The summed E-state index contributed by atoms with van der Waals surface area (Å²) in [6.45, 7) is 4.68. The number of nitrogens with zero attached hydrogens (tertiary/aromatic N) is 2. The summed E-state index contributed by atoms with van der Waals surface area (Å²) in [6, 6.07) is 0. The van der Waals surface area contributed by atoms with Crippen LogP contribution in [0, 0.1) is 5.92 Å². The van der Waals surface area contributed by atoms with Crippen molar-refractivity contribution in [3.05, 3.63) is 5.69 Å². The minimum atomic E-state index is -0.0122. The fourth-order valence-corrected chi connectivity index (χ4v) is 1.91. The average Bonchev–Trinajstić information content (AvgIpc) is 2.42. The Bertz CT molecular complexity index is 410. The molecule has 0 saturated heterocycles. The molecule has 2 rings (SSSR count). The molecular formula is C11H18N4O. The van der Waals surface area contributed by atoms with Gasteiger partial charge in [0.1, 0.15) is 11.5 Å². The smallest absolute Gasteiger partial charge is 0.229 e. The Morgan fingerprint density at radius 1 is 1.56 bits per heavy atom. The van der Waals surface area contributed by atoms with E-state index in [4.69, 9.17) is 0 Å². The van der Waals surface area contributed by atoms with Crippen molar-refractivity contribution in [3.63, 3.8) is 0 Å². The fourth-order valence-electron chi connectivity index (χ4n) is 1.91. The van der Waals surface area contributed by atoms with Crippen LogP contribution in [-0.4, -0.2) is 22.2 Å². The maximum Gasteiger partial charge on any atom is 0.229 e. The predicted octanol–water partition coefficient (Wildman–Crippen LogP) is 1.37. The molecule has 1 unspecified atom stereocenters. The van der Waals surface area contributed by atoms with Gasteiger partial charge < -0.3 is 10.6 Å². The van der Waals surface area contributed by atoms with E-state index >= 15 is 0 Å². The van der Waals surface area contributed by atoms with Gasteiger partial charge >= 0.3 is 0 Å². The van der Waals surface area contributed by atoms with Crippen LogP contribution in [0.15, 0.2) is 0 Å². The van der Waals surface area contributed by atoms with Gasteiger partial charge in [0.05, 0.1) is 11.6 Å². The van der Waals surface area contributed by atoms with Gasteiger partial charge in [-0.2, -0.15) is 5.10 Å². The predicted molar refractivity (Wildman–Crippen MR) is 63.5 cm³/mol. The number of aryl methyl sites for hydroxylation is 2. The highest BCUT2D eigenvalue weighted by atomic mass is 16.1. The molecular weight excluding hydrogens is 204 g/mol. The quantitative estimate of drug-likeness (QED) is 0.794. The first-order chi connectivity index (χ1) is 7.63. The molecule has 5 heteroatoms. The molecule has 2 heterocycles. The zero-order valence-electron chi connectivity index (χ0n) is 10.0. The van der Waals surface area contributed by atoms with Gasteiger partial charge in [-0.3, -0.25) is 9.48 Å². The van der Waals surface area contributed by atoms with Crippen molar-refractivity contribution in [2.75, 3.05) is 17.2 Å². The van der Waals surface area contributed by atoms with Crippen LogP contribution >= 0.6 is 0 Å². The summed E-state index contributed by atoms with van der Waals surface area (Å²) in [5, 5.41) is 10.7. The summed E-state index contributed by atoms with van der Waals surface area (Å²) in [6.07, 6.45) is 1.91. The summed E-state index contributed by atoms with van der Waals surface area (Å²) in [5.41, 5.74) is 1.83. The van der Waals surface area contributed by atoms with Crippen LogP contribution in [0.1, 0.15) is 26.0 Å². The summed E-state index contributed by atoms with van der Waals surface area (Å²) < 4.78 is 1.80. The standard InChI is InChI=1S/C11H18N4O/c1-4-5-8-9-10(15(3)14-8)12-6-7(2)11(16)13-9/h7,12H,4-6H2,1-3H3,(H,13,16). The maximum atomic E-state index is 11.8. The van der Waals surface area contributed by atoms with E-state index in [-0.39, 0.29) is 11.8 Å². The molecule has 1 aliphatic heterocycles. The highest BCUT2D eigenvalue weighted by Crippen LogP contribution is 2.29. The minimum absolute atomic E-state index is 0.0122. The van der Waals surface area contributed by atoms with Crippen molar-refractivity contribution >= 4 is 17.4 Å². The zero-order chi connectivity index (χ0) is 11.7. The lowest BCUT2D eigenvalue weighted by Crippen LogP contribution is -2.23. The van der Waals surface area contributed by atoms with Gasteiger partial charge in [0.2, 0.25) is 5.91 Å². The molecule has 2 N–H and O–H groups in total. The molecule has 0 fully saturated rings. The van der Waals surface area contributed by atoms with Gasteiger partial charge in [0.15, 0.2) is 0 Å². The Hall–Kier alpha value is -1.52. The Balaban J connectivity index is 2.38. The van der Waals surface area contributed by atoms with Crippen molar-refractivity contribution < 1.29 is 4.79 Å². The normalized spacial score (nSPS) is 19.7. The van der Waals surface area contributed by atoms with Gasteiger partial charge in [0.25, 0.3) is 0 Å². The first-order valence-electron chi connectivity index (χ1n) is 5.74. The monoisotopic (exact) mass is 222 g/mol. The number of aromatic nitrogens is 2. The SMILES string of the molecule is CCCc1nn(C)c2c1NC(=O)C(C)CN2. The molecule has 1 amide bonds. The number of rotatable bonds is 2.